The summed E-state index contributed by atoms with van der Waals surface area (Å²) < 4.78 is 26.7. The van der Waals surface area contributed by atoms with Gasteiger partial charge in [-0.15, -0.1) is 0 Å². The van der Waals surface area contributed by atoms with Crippen molar-refractivity contribution in [3.05, 3.63) is 52.7 Å². The third-order valence-corrected chi connectivity index (χ3v) is 10.6. The summed E-state index contributed by atoms with van der Waals surface area (Å²) >= 11 is 6.72. The minimum atomic E-state index is -0.792. The van der Waals surface area contributed by atoms with Gasteiger partial charge in [0.05, 0.1) is 34.9 Å². The fourth-order valence-electron chi connectivity index (χ4n) is 8.34. The van der Waals surface area contributed by atoms with Gasteiger partial charge in [-0.2, -0.15) is 9.97 Å². The first kappa shape index (κ1) is 26.9. The minimum absolute atomic E-state index is 0.212. The molecule has 0 aliphatic carbocycles. The van der Waals surface area contributed by atoms with E-state index >= 15 is 0 Å². The Labute approximate surface area is 251 Å². The van der Waals surface area contributed by atoms with E-state index in [9.17, 15) is 4.39 Å². The highest BCUT2D eigenvalue weighted by molar-refractivity contribution is 6.36. The summed E-state index contributed by atoms with van der Waals surface area (Å²) in [5, 5.41) is 6.68. The lowest BCUT2D eigenvalue weighted by atomic mass is 9.95. The Morgan fingerprint density at radius 2 is 1.98 bits per heavy atom. The normalized spacial score (nSPS) is 30.6. The molecular weight excluding hydrogens is 555 g/mol. The molecule has 1 aromatic heterocycles. The zero-order chi connectivity index (χ0) is 28.4. The van der Waals surface area contributed by atoms with Crippen LogP contribution >= 0.6 is 11.6 Å². The number of ether oxygens (including phenoxy) is 2. The largest absolute Gasteiger partial charge is 0.461 e. The summed E-state index contributed by atoms with van der Waals surface area (Å²) in [6.07, 6.45) is 3.83. The van der Waals surface area contributed by atoms with Crippen molar-refractivity contribution < 1.29 is 13.9 Å². The number of piperazine rings is 1. The van der Waals surface area contributed by atoms with Crippen LogP contribution in [0.4, 0.5) is 15.9 Å². The van der Waals surface area contributed by atoms with Crippen molar-refractivity contribution in [1.29, 1.82) is 0 Å². The van der Waals surface area contributed by atoms with Gasteiger partial charge in [-0.1, -0.05) is 35.9 Å². The Kier molecular flexibility index (Phi) is 6.70. The number of halogens is 2. The number of aromatic nitrogens is 2. The summed E-state index contributed by atoms with van der Waals surface area (Å²) in [4.78, 5) is 17.2. The van der Waals surface area contributed by atoms with Crippen LogP contribution < -0.4 is 19.9 Å². The molecule has 0 amide bonds. The second-order valence-corrected chi connectivity index (χ2v) is 13.2. The number of hydrogen-bond acceptors (Lipinski definition) is 8. The summed E-state index contributed by atoms with van der Waals surface area (Å²) in [5.74, 6) is 0.981. The number of rotatable bonds is 6. The maximum atomic E-state index is 14.5. The minimum Gasteiger partial charge on any atom is -0.461 e. The van der Waals surface area contributed by atoms with E-state index in [2.05, 4.69) is 44.3 Å². The van der Waals surface area contributed by atoms with Crippen molar-refractivity contribution in [3.8, 4) is 6.01 Å². The standard InChI is InChI=1S/C32H38ClFN6O2/c1-41-28-13-22-16-39(18-26(28)35-22)30-23-9-12-38(27-8-3-6-20-5-2-7-24(33)29(20)27)17-25(23)36-31(37-30)42-19-32-10-4-11-40(32)15-21(34)14-32/h2-3,5-8,21-22,26,28,35H,4,9-19H2,1H3/t21-,22-,26-,28-,32+/m1/s1. The predicted molar refractivity (Wildman–Crippen MR) is 163 cm³/mol. The first-order valence-electron chi connectivity index (χ1n) is 15.4. The molecule has 222 valence electrons. The smallest absolute Gasteiger partial charge is 0.318 e. The van der Waals surface area contributed by atoms with Gasteiger partial charge in [0.15, 0.2) is 0 Å². The summed E-state index contributed by atoms with van der Waals surface area (Å²) in [7, 11) is 1.81. The van der Waals surface area contributed by atoms with Crippen molar-refractivity contribution in [2.24, 2.45) is 0 Å². The van der Waals surface area contributed by atoms with Gasteiger partial charge < -0.3 is 24.6 Å². The average molecular weight is 593 g/mol. The Hall–Kier alpha value is -2.72. The quantitative estimate of drug-likeness (QED) is 0.453. The SMILES string of the molecule is CO[C@@H]1C[C@@H]2CN(c3nc(OC[C@@]45CCCN4C[C@H](F)C5)nc4c3CCN(c3cccc5cccc(Cl)c35)C4)C[C@H]1N2. The molecule has 8 nitrogen and oxygen atoms in total. The van der Waals surface area contributed by atoms with Crippen molar-refractivity contribution in [3.63, 3.8) is 0 Å². The van der Waals surface area contributed by atoms with E-state index in [-0.39, 0.29) is 17.7 Å². The van der Waals surface area contributed by atoms with E-state index in [1.807, 2.05) is 12.1 Å². The number of alkyl halides is 1. The summed E-state index contributed by atoms with van der Waals surface area (Å²) in [6, 6.07) is 13.5. The average Bonchev–Trinajstić information content (AvgIpc) is 3.63. The molecular formula is C32H38ClFN6O2. The third-order valence-electron chi connectivity index (χ3n) is 10.3. The van der Waals surface area contributed by atoms with Gasteiger partial charge in [0.2, 0.25) is 0 Å². The molecule has 0 saturated carbocycles. The van der Waals surface area contributed by atoms with Crippen LogP contribution in [0.5, 0.6) is 6.01 Å². The fraction of sp³-hybridized carbons (Fsp3) is 0.562. The zero-order valence-corrected chi connectivity index (χ0v) is 24.8. The van der Waals surface area contributed by atoms with Crippen molar-refractivity contribution in [2.45, 2.75) is 68.5 Å². The maximum absolute atomic E-state index is 14.5. The lowest BCUT2D eigenvalue weighted by Gasteiger charge is -2.38. The van der Waals surface area contributed by atoms with Gasteiger partial charge in [0.25, 0.3) is 0 Å². The van der Waals surface area contributed by atoms with E-state index < -0.39 is 6.17 Å². The lowest BCUT2D eigenvalue weighted by Crippen LogP contribution is -2.53. The molecule has 0 radical (unpaired) electrons. The zero-order valence-electron chi connectivity index (χ0n) is 24.1. The predicted octanol–water partition coefficient (Wildman–Crippen LogP) is 4.37. The molecule has 6 heterocycles. The number of anilines is 2. The Morgan fingerprint density at radius 1 is 1.10 bits per heavy atom. The Bertz CT molecular complexity index is 1500. The van der Waals surface area contributed by atoms with Crippen LogP contribution in [0.3, 0.4) is 0 Å². The summed E-state index contributed by atoms with van der Waals surface area (Å²) in [6.45, 7) is 5.08. The van der Waals surface area contributed by atoms with Gasteiger partial charge >= 0.3 is 6.01 Å². The molecule has 2 aromatic carbocycles. The van der Waals surface area contributed by atoms with Crippen molar-refractivity contribution in [1.82, 2.24) is 20.2 Å². The molecule has 0 spiro atoms. The van der Waals surface area contributed by atoms with E-state index in [1.165, 1.54) is 5.56 Å². The van der Waals surface area contributed by atoms with Crippen LogP contribution in [0.25, 0.3) is 10.8 Å². The van der Waals surface area contributed by atoms with Crippen LogP contribution in [0, 0.1) is 0 Å². The first-order valence-corrected chi connectivity index (χ1v) is 15.8. The first-order chi connectivity index (χ1) is 20.5. The second-order valence-electron chi connectivity index (χ2n) is 12.8. The molecule has 4 saturated heterocycles. The molecule has 5 atom stereocenters. The van der Waals surface area contributed by atoms with E-state index in [1.54, 1.807) is 7.11 Å². The fourth-order valence-corrected chi connectivity index (χ4v) is 8.62. The topological polar surface area (TPSA) is 66.0 Å². The number of fused-ring (bicyclic) bond motifs is 5. The molecule has 42 heavy (non-hydrogen) atoms. The molecule has 3 aromatic rings. The number of nitrogens with zero attached hydrogens (tertiary/aromatic N) is 5. The van der Waals surface area contributed by atoms with Gasteiger partial charge in [0.1, 0.15) is 18.6 Å². The van der Waals surface area contributed by atoms with Gasteiger partial charge in [-0.25, -0.2) is 4.39 Å². The molecule has 5 aliphatic heterocycles. The maximum Gasteiger partial charge on any atom is 0.318 e. The van der Waals surface area contributed by atoms with Crippen LogP contribution in [0.1, 0.15) is 36.9 Å². The molecule has 2 bridgehead atoms. The molecule has 0 unspecified atom stereocenters. The highest BCUT2D eigenvalue weighted by Gasteiger charge is 2.49. The van der Waals surface area contributed by atoms with Gasteiger partial charge in [-0.3, -0.25) is 4.90 Å². The molecule has 1 N–H and O–H groups in total. The van der Waals surface area contributed by atoms with E-state index in [4.69, 9.17) is 31.0 Å². The van der Waals surface area contributed by atoms with Crippen LogP contribution in [-0.2, 0) is 17.7 Å². The Balaban J connectivity index is 1.14. The van der Waals surface area contributed by atoms with Gasteiger partial charge in [0, 0.05) is 62.4 Å². The highest BCUT2D eigenvalue weighted by atomic mass is 35.5. The van der Waals surface area contributed by atoms with E-state index in [0.29, 0.717) is 38.2 Å². The lowest BCUT2D eigenvalue weighted by molar-refractivity contribution is 0.0946. The van der Waals surface area contributed by atoms with Gasteiger partial charge in [-0.05, 0) is 49.7 Å². The number of benzene rings is 2. The molecule has 5 aliphatic rings. The van der Waals surface area contributed by atoms with Crippen LogP contribution in [-0.4, -0.2) is 91.2 Å². The number of hydrogen-bond donors (Lipinski definition) is 1. The molecule has 8 rings (SSSR count). The number of methoxy groups -OCH3 is 1. The summed E-state index contributed by atoms with van der Waals surface area (Å²) in [5.41, 5.74) is 3.07. The Morgan fingerprint density at radius 3 is 2.86 bits per heavy atom. The molecule has 10 heteroatoms. The third kappa shape index (κ3) is 4.51. The van der Waals surface area contributed by atoms with Crippen LogP contribution in [0.2, 0.25) is 5.02 Å². The van der Waals surface area contributed by atoms with Crippen molar-refractivity contribution in [2.75, 3.05) is 56.2 Å². The van der Waals surface area contributed by atoms with Crippen LogP contribution in [0.15, 0.2) is 36.4 Å². The molecule has 4 fully saturated rings. The second kappa shape index (κ2) is 10.5. The van der Waals surface area contributed by atoms with Crippen molar-refractivity contribution >= 4 is 33.9 Å². The highest BCUT2D eigenvalue weighted by Crippen LogP contribution is 2.41. The van der Waals surface area contributed by atoms with E-state index in [0.717, 1.165) is 84.9 Å². The monoisotopic (exact) mass is 592 g/mol. The number of nitrogens with one attached hydrogen (secondary N) is 1.